The predicted molar refractivity (Wildman–Crippen MR) is 86.9 cm³/mol. The van der Waals surface area contributed by atoms with Gasteiger partial charge in [0, 0.05) is 18.7 Å². The van der Waals surface area contributed by atoms with E-state index in [2.05, 4.69) is 18.7 Å². The molecule has 0 saturated heterocycles. The maximum atomic E-state index is 12.8. The van der Waals surface area contributed by atoms with Crippen molar-refractivity contribution < 1.29 is 4.79 Å². The molecule has 0 aliphatic heterocycles. The van der Waals surface area contributed by atoms with Crippen molar-refractivity contribution in [2.75, 3.05) is 13.1 Å². The molecule has 0 heterocycles. The molecule has 0 aliphatic carbocycles. The van der Waals surface area contributed by atoms with E-state index in [4.69, 9.17) is 6.57 Å². The smallest absolute Gasteiger partial charge is 0.325 e. The summed E-state index contributed by atoms with van der Waals surface area (Å²) in [5.74, 6) is -0.0406. The third-order valence-electron chi connectivity index (χ3n) is 3.72. The van der Waals surface area contributed by atoms with Gasteiger partial charge in [0.15, 0.2) is 0 Å². The Bertz CT molecular complexity index is 482. The number of hydrogen-bond acceptors (Lipinski definition) is 1. The van der Waals surface area contributed by atoms with E-state index >= 15 is 0 Å². The standard InChI is InChI=1S/C18H26N2O/c1-5-7-13-20(14-8-6-2)18(21)17(19-4)16-12-10-9-11-15(16)3/h9-12,17H,5-8,13-14H2,1-3H3. The van der Waals surface area contributed by atoms with E-state index in [9.17, 15) is 4.79 Å². The summed E-state index contributed by atoms with van der Waals surface area (Å²) in [5, 5.41) is 0. The molecule has 0 radical (unpaired) electrons. The van der Waals surface area contributed by atoms with Crippen LogP contribution in [-0.2, 0) is 4.79 Å². The van der Waals surface area contributed by atoms with Crippen molar-refractivity contribution >= 4 is 5.91 Å². The van der Waals surface area contributed by atoms with Crippen LogP contribution < -0.4 is 0 Å². The molecule has 0 N–H and O–H groups in total. The Labute approximate surface area is 128 Å². The Morgan fingerprint density at radius 1 is 1.19 bits per heavy atom. The molecule has 1 amide bonds. The molecule has 0 aliphatic rings. The van der Waals surface area contributed by atoms with Crippen molar-refractivity contribution in [3.63, 3.8) is 0 Å². The number of unbranched alkanes of at least 4 members (excludes halogenated alkanes) is 2. The van der Waals surface area contributed by atoms with Gasteiger partial charge in [-0.15, -0.1) is 0 Å². The van der Waals surface area contributed by atoms with E-state index in [0.29, 0.717) is 0 Å². The SMILES string of the molecule is [C-]#[N+]C(C(=O)N(CCCC)CCCC)c1ccccc1C. The van der Waals surface area contributed by atoms with Crippen molar-refractivity contribution in [2.45, 2.75) is 52.5 Å². The highest BCUT2D eigenvalue weighted by atomic mass is 16.2. The molecule has 1 unspecified atom stereocenters. The molecule has 0 saturated carbocycles. The monoisotopic (exact) mass is 286 g/mol. The van der Waals surface area contributed by atoms with Crippen LogP contribution in [0.1, 0.15) is 56.7 Å². The first-order chi connectivity index (χ1) is 10.2. The fourth-order valence-corrected chi connectivity index (χ4v) is 2.35. The zero-order chi connectivity index (χ0) is 15.7. The highest BCUT2D eigenvalue weighted by molar-refractivity contribution is 5.85. The minimum atomic E-state index is -0.695. The van der Waals surface area contributed by atoms with E-state index < -0.39 is 6.04 Å². The van der Waals surface area contributed by atoms with E-state index in [1.807, 2.05) is 36.1 Å². The number of carbonyl (C=O) groups excluding carboxylic acids is 1. The number of hydrogen-bond donors (Lipinski definition) is 0. The highest BCUT2D eigenvalue weighted by Gasteiger charge is 2.31. The molecule has 3 heteroatoms. The molecule has 21 heavy (non-hydrogen) atoms. The Morgan fingerprint density at radius 2 is 1.76 bits per heavy atom. The first-order valence-corrected chi connectivity index (χ1v) is 7.86. The van der Waals surface area contributed by atoms with Gasteiger partial charge in [0.1, 0.15) is 0 Å². The first kappa shape index (κ1) is 17.2. The van der Waals surface area contributed by atoms with E-state index in [1.54, 1.807) is 0 Å². The Hall–Kier alpha value is -1.82. The van der Waals surface area contributed by atoms with Crippen molar-refractivity contribution in [1.29, 1.82) is 0 Å². The lowest BCUT2D eigenvalue weighted by Gasteiger charge is -2.23. The van der Waals surface area contributed by atoms with Gasteiger partial charge >= 0.3 is 11.9 Å². The Kier molecular flexibility index (Phi) is 7.53. The lowest BCUT2D eigenvalue weighted by Crippen LogP contribution is -2.36. The van der Waals surface area contributed by atoms with Gasteiger partial charge in [-0.05, 0) is 25.3 Å². The van der Waals surface area contributed by atoms with Gasteiger partial charge in [-0.25, -0.2) is 6.57 Å². The topological polar surface area (TPSA) is 24.7 Å². The maximum Gasteiger partial charge on any atom is 0.325 e. The van der Waals surface area contributed by atoms with Gasteiger partial charge in [0.2, 0.25) is 0 Å². The average Bonchev–Trinajstić information content (AvgIpc) is 2.50. The summed E-state index contributed by atoms with van der Waals surface area (Å²) in [6.45, 7) is 15.2. The van der Waals surface area contributed by atoms with Gasteiger partial charge < -0.3 is 4.90 Å². The van der Waals surface area contributed by atoms with Gasteiger partial charge in [-0.2, -0.15) is 0 Å². The molecule has 1 aromatic carbocycles. The summed E-state index contributed by atoms with van der Waals surface area (Å²) < 4.78 is 0. The third-order valence-corrected chi connectivity index (χ3v) is 3.72. The summed E-state index contributed by atoms with van der Waals surface area (Å²) >= 11 is 0. The van der Waals surface area contributed by atoms with Crippen molar-refractivity contribution in [2.24, 2.45) is 0 Å². The normalized spacial score (nSPS) is 11.7. The zero-order valence-electron chi connectivity index (χ0n) is 13.4. The van der Waals surface area contributed by atoms with Crippen molar-refractivity contribution in [3.05, 3.63) is 46.8 Å². The molecule has 1 aromatic rings. The number of aryl methyl sites for hydroxylation is 1. The minimum Gasteiger partial charge on any atom is -0.336 e. The molecule has 0 aromatic heterocycles. The summed E-state index contributed by atoms with van der Waals surface area (Å²) in [6, 6.07) is 7.00. The fraction of sp³-hybridized carbons (Fsp3) is 0.556. The van der Waals surface area contributed by atoms with Crippen LogP contribution in [0, 0.1) is 13.5 Å². The van der Waals surface area contributed by atoms with Crippen LogP contribution in [0.4, 0.5) is 0 Å². The van der Waals surface area contributed by atoms with Crippen molar-refractivity contribution in [3.8, 4) is 0 Å². The van der Waals surface area contributed by atoms with Crippen LogP contribution in [0.2, 0.25) is 0 Å². The van der Waals surface area contributed by atoms with E-state index in [0.717, 1.165) is 49.9 Å². The second-order valence-electron chi connectivity index (χ2n) is 5.42. The molecule has 1 rings (SSSR count). The van der Waals surface area contributed by atoms with Crippen LogP contribution in [0.15, 0.2) is 24.3 Å². The molecule has 1 atom stereocenters. The molecule has 3 nitrogen and oxygen atoms in total. The quantitative estimate of drug-likeness (QED) is 0.651. The van der Waals surface area contributed by atoms with Crippen molar-refractivity contribution in [1.82, 2.24) is 4.90 Å². The van der Waals surface area contributed by atoms with Crippen LogP contribution in [-0.4, -0.2) is 23.9 Å². The number of amides is 1. The zero-order valence-corrected chi connectivity index (χ0v) is 13.4. The fourth-order valence-electron chi connectivity index (χ4n) is 2.35. The second-order valence-corrected chi connectivity index (χ2v) is 5.42. The molecular formula is C18H26N2O. The van der Waals surface area contributed by atoms with Gasteiger partial charge in [-0.3, -0.25) is 9.64 Å². The number of carbonyl (C=O) groups is 1. The lowest BCUT2D eigenvalue weighted by molar-refractivity contribution is -0.132. The first-order valence-electron chi connectivity index (χ1n) is 7.86. The predicted octanol–water partition coefficient (Wildman–Crippen LogP) is 4.38. The van der Waals surface area contributed by atoms with Crippen LogP contribution in [0.25, 0.3) is 4.85 Å². The summed E-state index contributed by atoms with van der Waals surface area (Å²) in [4.78, 5) is 18.2. The lowest BCUT2D eigenvalue weighted by atomic mass is 10.0. The Balaban J connectivity index is 2.93. The average molecular weight is 286 g/mol. The number of nitrogens with zero attached hydrogens (tertiary/aromatic N) is 2. The van der Waals surface area contributed by atoms with Gasteiger partial charge in [0.25, 0.3) is 0 Å². The van der Waals surface area contributed by atoms with E-state index in [1.165, 1.54) is 0 Å². The summed E-state index contributed by atoms with van der Waals surface area (Å²) in [5.41, 5.74) is 1.85. The summed E-state index contributed by atoms with van der Waals surface area (Å²) in [7, 11) is 0. The number of benzene rings is 1. The van der Waals surface area contributed by atoms with Gasteiger partial charge in [-0.1, -0.05) is 51.0 Å². The number of rotatable bonds is 8. The minimum absolute atomic E-state index is 0.0406. The molecular weight excluding hydrogens is 260 g/mol. The molecule has 0 fully saturated rings. The third kappa shape index (κ3) is 4.90. The van der Waals surface area contributed by atoms with Crippen LogP contribution in [0.5, 0.6) is 0 Å². The van der Waals surface area contributed by atoms with Gasteiger partial charge in [0.05, 0.1) is 0 Å². The maximum absolute atomic E-state index is 12.8. The van der Waals surface area contributed by atoms with Crippen LogP contribution in [0.3, 0.4) is 0 Å². The Morgan fingerprint density at radius 3 is 2.24 bits per heavy atom. The molecule has 114 valence electrons. The second kappa shape index (κ2) is 9.18. The molecule has 0 spiro atoms. The largest absolute Gasteiger partial charge is 0.336 e. The highest BCUT2D eigenvalue weighted by Crippen LogP contribution is 2.24. The van der Waals surface area contributed by atoms with E-state index in [-0.39, 0.29) is 5.91 Å². The summed E-state index contributed by atoms with van der Waals surface area (Å²) in [6.07, 6.45) is 4.10. The molecule has 0 bridgehead atoms. The van der Waals surface area contributed by atoms with Crippen LogP contribution >= 0.6 is 0 Å².